The first-order valence-electron chi connectivity index (χ1n) is 5.80. The molecule has 0 bridgehead atoms. The molecular formula is C13H19NO2S. The Bertz CT molecular complexity index is 391. The number of rotatable bonds is 5. The van der Waals surface area contributed by atoms with Gasteiger partial charge in [0, 0.05) is 6.04 Å². The summed E-state index contributed by atoms with van der Waals surface area (Å²) in [4.78, 5) is 1.12. The topological polar surface area (TPSA) is 30.5 Å². The van der Waals surface area contributed by atoms with E-state index in [1.54, 1.807) is 26.0 Å². The molecule has 1 aromatic carbocycles. The van der Waals surface area contributed by atoms with Crippen LogP contribution in [0.5, 0.6) is 11.5 Å². The molecule has 1 heterocycles. The van der Waals surface area contributed by atoms with Crippen molar-refractivity contribution in [2.45, 2.75) is 23.8 Å². The first kappa shape index (κ1) is 12.6. The average molecular weight is 253 g/mol. The van der Waals surface area contributed by atoms with Crippen molar-refractivity contribution in [2.24, 2.45) is 0 Å². The van der Waals surface area contributed by atoms with E-state index in [0.717, 1.165) is 29.4 Å². The lowest BCUT2D eigenvalue weighted by atomic mass is 9.97. The van der Waals surface area contributed by atoms with Gasteiger partial charge in [0.05, 0.1) is 19.1 Å². The van der Waals surface area contributed by atoms with Gasteiger partial charge in [-0.25, -0.2) is 0 Å². The van der Waals surface area contributed by atoms with Gasteiger partial charge in [-0.15, -0.1) is 11.8 Å². The van der Waals surface area contributed by atoms with E-state index in [0.29, 0.717) is 6.04 Å². The zero-order chi connectivity index (χ0) is 12.3. The van der Waals surface area contributed by atoms with Gasteiger partial charge >= 0.3 is 0 Å². The van der Waals surface area contributed by atoms with Crippen molar-refractivity contribution in [3.05, 3.63) is 17.7 Å². The van der Waals surface area contributed by atoms with Crippen molar-refractivity contribution >= 4 is 11.8 Å². The van der Waals surface area contributed by atoms with Gasteiger partial charge in [0.2, 0.25) is 0 Å². The molecule has 1 atom stereocenters. The lowest BCUT2D eigenvalue weighted by Crippen LogP contribution is -2.44. The lowest BCUT2D eigenvalue weighted by molar-refractivity contribution is 0.354. The summed E-state index contributed by atoms with van der Waals surface area (Å²) < 4.78 is 10.9. The van der Waals surface area contributed by atoms with Crippen LogP contribution in [-0.2, 0) is 6.42 Å². The summed E-state index contributed by atoms with van der Waals surface area (Å²) in [6, 6.07) is 4.76. The van der Waals surface area contributed by atoms with Crippen LogP contribution in [0.3, 0.4) is 0 Å². The third kappa shape index (κ3) is 2.69. The van der Waals surface area contributed by atoms with Crippen molar-refractivity contribution in [3.63, 3.8) is 0 Å². The molecule has 4 heteroatoms. The summed E-state index contributed by atoms with van der Waals surface area (Å²) in [5.41, 5.74) is 1.22. The molecule has 0 aromatic heterocycles. The Kier molecular flexibility index (Phi) is 4.18. The first-order chi connectivity index (χ1) is 8.28. The van der Waals surface area contributed by atoms with Gasteiger partial charge in [0.1, 0.15) is 11.5 Å². The predicted octanol–water partition coefficient (Wildman–Crippen LogP) is 2.33. The monoisotopic (exact) mass is 253 g/mol. The number of benzene rings is 1. The molecule has 1 aliphatic heterocycles. The molecule has 1 aromatic rings. The highest BCUT2D eigenvalue weighted by Crippen LogP contribution is 2.35. The SMILES string of the molecule is COc1cc(SC)c(OC)cc1CC1CCN1. The molecule has 1 N–H and O–H groups in total. The zero-order valence-electron chi connectivity index (χ0n) is 10.6. The molecule has 2 rings (SSSR count). The molecule has 0 amide bonds. The van der Waals surface area contributed by atoms with Gasteiger partial charge in [-0.3, -0.25) is 0 Å². The molecule has 0 radical (unpaired) electrons. The highest BCUT2D eigenvalue weighted by molar-refractivity contribution is 7.98. The zero-order valence-corrected chi connectivity index (χ0v) is 11.4. The van der Waals surface area contributed by atoms with Crippen LogP contribution in [0.1, 0.15) is 12.0 Å². The summed E-state index contributed by atoms with van der Waals surface area (Å²) in [7, 11) is 3.44. The second-order valence-corrected chi connectivity index (χ2v) is 5.01. The Morgan fingerprint density at radius 3 is 2.47 bits per heavy atom. The molecule has 0 aliphatic carbocycles. The second-order valence-electron chi connectivity index (χ2n) is 4.16. The van der Waals surface area contributed by atoms with Crippen molar-refractivity contribution in [3.8, 4) is 11.5 Å². The van der Waals surface area contributed by atoms with Gasteiger partial charge < -0.3 is 14.8 Å². The number of ether oxygens (including phenoxy) is 2. The van der Waals surface area contributed by atoms with Crippen LogP contribution < -0.4 is 14.8 Å². The van der Waals surface area contributed by atoms with Crippen LogP contribution in [0.2, 0.25) is 0 Å². The number of nitrogens with one attached hydrogen (secondary N) is 1. The van der Waals surface area contributed by atoms with Crippen LogP contribution in [-0.4, -0.2) is 33.1 Å². The van der Waals surface area contributed by atoms with E-state index < -0.39 is 0 Å². The van der Waals surface area contributed by atoms with Crippen LogP contribution in [0.15, 0.2) is 17.0 Å². The van der Waals surface area contributed by atoms with E-state index in [4.69, 9.17) is 9.47 Å². The Hall–Kier alpha value is -0.870. The Labute approximate surface area is 107 Å². The van der Waals surface area contributed by atoms with Gasteiger partial charge in [-0.2, -0.15) is 0 Å². The fourth-order valence-electron chi connectivity index (χ4n) is 2.04. The predicted molar refractivity (Wildman–Crippen MR) is 71.4 cm³/mol. The van der Waals surface area contributed by atoms with Crippen molar-refractivity contribution in [1.82, 2.24) is 5.32 Å². The molecule has 0 saturated carbocycles. The summed E-state index contributed by atoms with van der Waals surface area (Å²) in [5.74, 6) is 1.90. The largest absolute Gasteiger partial charge is 0.496 e. The van der Waals surface area contributed by atoms with Gasteiger partial charge in [-0.05, 0) is 43.3 Å². The second kappa shape index (κ2) is 5.65. The fraction of sp³-hybridized carbons (Fsp3) is 0.538. The fourth-order valence-corrected chi connectivity index (χ4v) is 2.61. The maximum atomic E-state index is 5.46. The summed E-state index contributed by atoms with van der Waals surface area (Å²) in [5, 5.41) is 3.41. The third-order valence-electron chi connectivity index (χ3n) is 3.18. The minimum atomic E-state index is 0.591. The Balaban J connectivity index is 2.27. The average Bonchev–Trinajstić information content (AvgIpc) is 2.32. The molecule has 17 heavy (non-hydrogen) atoms. The van der Waals surface area contributed by atoms with Crippen LogP contribution in [0.4, 0.5) is 0 Å². The number of hydrogen-bond acceptors (Lipinski definition) is 4. The molecule has 0 spiro atoms. The number of thioether (sulfide) groups is 1. The van der Waals surface area contributed by atoms with Gasteiger partial charge in [0.15, 0.2) is 0 Å². The summed E-state index contributed by atoms with van der Waals surface area (Å²) in [6.07, 6.45) is 4.30. The Morgan fingerprint density at radius 1 is 1.29 bits per heavy atom. The number of methoxy groups -OCH3 is 2. The molecule has 1 fully saturated rings. The minimum absolute atomic E-state index is 0.591. The number of hydrogen-bond donors (Lipinski definition) is 1. The van der Waals surface area contributed by atoms with E-state index in [2.05, 4.69) is 17.4 Å². The van der Waals surface area contributed by atoms with Crippen molar-refractivity contribution in [1.29, 1.82) is 0 Å². The smallest absolute Gasteiger partial charge is 0.132 e. The van der Waals surface area contributed by atoms with Crippen LogP contribution in [0.25, 0.3) is 0 Å². The summed E-state index contributed by atoms with van der Waals surface area (Å²) in [6.45, 7) is 1.13. The van der Waals surface area contributed by atoms with Crippen molar-refractivity contribution < 1.29 is 9.47 Å². The minimum Gasteiger partial charge on any atom is -0.496 e. The van der Waals surface area contributed by atoms with E-state index in [1.165, 1.54) is 12.0 Å². The maximum absolute atomic E-state index is 5.46. The molecule has 94 valence electrons. The summed E-state index contributed by atoms with van der Waals surface area (Å²) >= 11 is 1.68. The third-order valence-corrected chi connectivity index (χ3v) is 3.94. The highest BCUT2D eigenvalue weighted by Gasteiger charge is 2.20. The molecule has 1 unspecified atom stereocenters. The normalized spacial score (nSPS) is 18.6. The quantitative estimate of drug-likeness (QED) is 0.816. The molecule has 1 saturated heterocycles. The van der Waals surface area contributed by atoms with E-state index in [1.807, 2.05) is 6.26 Å². The molecule has 1 aliphatic rings. The van der Waals surface area contributed by atoms with E-state index >= 15 is 0 Å². The standard InChI is InChI=1S/C13H19NO2S/c1-15-11-8-13(17-3)12(16-2)7-9(11)6-10-4-5-14-10/h7-8,10,14H,4-6H2,1-3H3. The van der Waals surface area contributed by atoms with E-state index in [-0.39, 0.29) is 0 Å². The van der Waals surface area contributed by atoms with Crippen molar-refractivity contribution in [2.75, 3.05) is 27.0 Å². The van der Waals surface area contributed by atoms with Gasteiger partial charge in [0.25, 0.3) is 0 Å². The van der Waals surface area contributed by atoms with E-state index in [9.17, 15) is 0 Å². The van der Waals surface area contributed by atoms with Crippen LogP contribution >= 0.6 is 11.8 Å². The first-order valence-corrected chi connectivity index (χ1v) is 7.03. The maximum Gasteiger partial charge on any atom is 0.132 e. The molecular weight excluding hydrogens is 234 g/mol. The molecule has 3 nitrogen and oxygen atoms in total. The highest BCUT2D eigenvalue weighted by atomic mass is 32.2. The lowest BCUT2D eigenvalue weighted by Gasteiger charge is -2.28. The van der Waals surface area contributed by atoms with Gasteiger partial charge in [-0.1, -0.05) is 0 Å². The Morgan fingerprint density at radius 2 is 2.00 bits per heavy atom. The van der Waals surface area contributed by atoms with Crippen LogP contribution in [0, 0.1) is 0 Å².